The minimum absolute atomic E-state index is 0.180. The van der Waals surface area contributed by atoms with Gasteiger partial charge < -0.3 is 14.4 Å². The number of pyridine rings is 1. The normalized spacial score (nSPS) is 15.5. The first-order valence-corrected chi connectivity index (χ1v) is 12.9. The molecule has 0 radical (unpaired) electrons. The van der Waals surface area contributed by atoms with Crippen LogP contribution in [0.3, 0.4) is 0 Å². The number of rotatable bonds is 9. The van der Waals surface area contributed by atoms with Gasteiger partial charge in [0.25, 0.3) is 0 Å². The summed E-state index contributed by atoms with van der Waals surface area (Å²) in [4.78, 5) is 22.1. The van der Waals surface area contributed by atoms with Crippen LogP contribution >= 0.6 is 11.6 Å². The smallest absolute Gasteiger partial charge is 0.342 e. The van der Waals surface area contributed by atoms with Gasteiger partial charge in [-0.1, -0.05) is 42.8 Å². The summed E-state index contributed by atoms with van der Waals surface area (Å²) in [6, 6.07) is 17.8. The van der Waals surface area contributed by atoms with Crippen LogP contribution in [0.2, 0.25) is 5.02 Å². The number of esters is 1. The Kier molecular flexibility index (Phi) is 8.49. The maximum absolute atomic E-state index is 12.9. The molecule has 190 valence electrons. The number of aromatic nitrogens is 1. The van der Waals surface area contributed by atoms with E-state index in [9.17, 15) is 4.79 Å². The topological polar surface area (TPSA) is 54.9 Å². The molecule has 0 saturated carbocycles. The van der Waals surface area contributed by atoms with Gasteiger partial charge in [0.15, 0.2) is 0 Å². The molecule has 7 heteroatoms. The fraction of sp³-hybridized carbons (Fsp3) is 0.379. The summed E-state index contributed by atoms with van der Waals surface area (Å²) in [5, 5.41) is 0.646. The average Bonchev–Trinajstić information content (AvgIpc) is 3.33. The van der Waals surface area contributed by atoms with Crippen LogP contribution in [0, 0.1) is 6.92 Å². The number of carbonyl (C=O) groups is 1. The Balaban J connectivity index is 1.50. The van der Waals surface area contributed by atoms with Crippen molar-refractivity contribution in [2.24, 2.45) is 0 Å². The summed E-state index contributed by atoms with van der Waals surface area (Å²) in [5.74, 6) is 1.95. The number of halogens is 1. The molecule has 1 saturated heterocycles. The molecule has 36 heavy (non-hydrogen) atoms. The van der Waals surface area contributed by atoms with Crippen LogP contribution in [-0.4, -0.2) is 47.6 Å². The Labute approximate surface area is 218 Å². The van der Waals surface area contributed by atoms with E-state index in [-0.39, 0.29) is 12.1 Å². The number of hydrogen-bond acceptors (Lipinski definition) is 6. The average molecular weight is 508 g/mol. The zero-order chi connectivity index (χ0) is 25.7. The molecule has 2 heterocycles. The Hall–Kier alpha value is -3.09. The number of anilines is 1. The summed E-state index contributed by atoms with van der Waals surface area (Å²) < 4.78 is 11.7. The van der Waals surface area contributed by atoms with Crippen molar-refractivity contribution in [1.82, 2.24) is 9.88 Å². The monoisotopic (exact) mass is 507 g/mol. The molecular formula is C29H34ClN3O3. The molecule has 3 aromatic rings. The van der Waals surface area contributed by atoms with Crippen LogP contribution in [-0.2, 0) is 11.3 Å². The van der Waals surface area contributed by atoms with Crippen molar-refractivity contribution in [2.75, 3.05) is 24.5 Å². The summed E-state index contributed by atoms with van der Waals surface area (Å²) >= 11 is 6.15. The van der Waals surface area contributed by atoms with E-state index in [1.165, 1.54) is 0 Å². The molecule has 0 amide bonds. The minimum atomic E-state index is -0.312. The lowest BCUT2D eigenvalue weighted by Crippen LogP contribution is -2.37. The first kappa shape index (κ1) is 26.0. The molecule has 0 unspecified atom stereocenters. The molecule has 0 bridgehead atoms. The quantitative estimate of drug-likeness (QED) is 0.308. The molecule has 1 fully saturated rings. The van der Waals surface area contributed by atoms with E-state index in [1.807, 2.05) is 69.3 Å². The van der Waals surface area contributed by atoms with Gasteiger partial charge in [-0.15, -0.1) is 0 Å². The number of aryl methyl sites for hydroxylation is 1. The molecule has 1 aliphatic rings. The van der Waals surface area contributed by atoms with E-state index in [0.717, 1.165) is 55.2 Å². The third-order valence-electron chi connectivity index (χ3n) is 6.44. The van der Waals surface area contributed by atoms with Crippen molar-refractivity contribution < 1.29 is 14.3 Å². The Morgan fingerprint density at radius 2 is 2.00 bits per heavy atom. The van der Waals surface area contributed by atoms with Crippen LogP contribution in [0.25, 0.3) is 0 Å². The highest BCUT2D eigenvalue weighted by Crippen LogP contribution is 2.31. The van der Waals surface area contributed by atoms with Crippen LogP contribution < -0.4 is 9.64 Å². The van der Waals surface area contributed by atoms with Gasteiger partial charge in [-0.3, -0.25) is 4.90 Å². The first-order chi connectivity index (χ1) is 17.4. The van der Waals surface area contributed by atoms with Gasteiger partial charge in [-0.25, -0.2) is 9.78 Å². The summed E-state index contributed by atoms with van der Waals surface area (Å²) in [5.41, 5.74) is 2.57. The van der Waals surface area contributed by atoms with Crippen molar-refractivity contribution in [3.05, 3.63) is 82.5 Å². The zero-order valence-corrected chi connectivity index (χ0v) is 22.2. The van der Waals surface area contributed by atoms with E-state index in [0.29, 0.717) is 22.4 Å². The van der Waals surface area contributed by atoms with Gasteiger partial charge >= 0.3 is 5.97 Å². The van der Waals surface area contributed by atoms with Gasteiger partial charge in [0.05, 0.1) is 6.10 Å². The summed E-state index contributed by atoms with van der Waals surface area (Å²) in [6.07, 6.45) is 2.58. The highest BCUT2D eigenvalue weighted by atomic mass is 35.5. The van der Waals surface area contributed by atoms with Gasteiger partial charge in [0, 0.05) is 42.5 Å². The van der Waals surface area contributed by atoms with Crippen LogP contribution in [0.5, 0.6) is 11.5 Å². The maximum atomic E-state index is 12.9. The summed E-state index contributed by atoms with van der Waals surface area (Å²) in [7, 11) is 0. The minimum Gasteiger partial charge on any atom is -0.459 e. The molecule has 0 N–H and O–H groups in total. The third-order valence-corrected chi connectivity index (χ3v) is 6.68. The molecular weight excluding hydrogens is 474 g/mol. The molecule has 1 aliphatic heterocycles. The number of ether oxygens (including phenoxy) is 2. The SMILES string of the molecule is CCN(Cc1ccccc1Oc1cccc(Cl)c1)[C@@H]1CCN(c2nccc(C)c2C(=O)OC(C)C)C1. The highest BCUT2D eigenvalue weighted by molar-refractivity contribution is 6.30. The molecule has 6 nitrogen and oxygen atoms in total. The number of nitrogens with zero attached hydrogens (tertiary/aromatic N) is 3. The number of likely N-dealkylation sites (N-methyl/N-ethyl adjacent to an activating group) is 1. The Morgan fingerprint density at radius 3 is 2.75 bits per heavy atom. The Morgan fingerprint density at radius 1 is 1.19 bits per heavy atom. The zero-order valence-electron chi connectivity index (χ0n) is 21.4. The Bertz CT molecular complexity index is 1200. The van der Waals surface area contributed by atoms with Gasteiger partial charge in [-0.05, 0) is 69.6 Å². The molecule has 2 aromatic carbocycles. The lowest BCUT2D eigenvalue weighted by molar-refractivity contribution is 0.0377. The second-order valence-electron chi connectivity index (χ2n) is 9.40. The van der Waals surface area contributed by atoms with Crippen molar-refractivity contribution in [2.45, 2.75) is 52.8 Å². The predicted octanol–water partition coefficient (Wildman–Crippen LogP) is 6.50. The van der Waals surface area contributed by atoms with Gasteiger partial charge in [0.1, 0.15) is 22.9 Å². The first-order valence-electron chi connectivity index (χ1n) is 12.5. The van der Waals surface area contributed by atoms with E-state index >= 15 is 0 Å². The number of benzene rings is 2. The number of hydrogen-bond donors (Lipinski definition) is 0. The molecule has 0 aliphatic carbocycles. The van der Waals surface area contributed by atoms with Crippen molar-refractivity contribution in [3.63, 3.8) is 0 Å². The van der Waals surface area contributed by atoms with Crippen molar-refractivity contribution >= 4 is 23.4 Å². The molecule has 1 aromatic heterocycles. The largest absolute Gasteiger partial charge is 0.459 e. The maximum Gasteiger partial charge on any atom is 0.342 e. The standard InChI is InChI=1S/C29H34ClN3O3/c1-5-32(18-22-9-6-7-12-26(22)36-25-11-8-10-23(30)17-25)24-14-16-33(19-24)28-27(21(4)13-15-31-28)29(34)35-20(2)3/h6-13,15,17,20,24H,5,14,16,18-19H2,1-4H3/t24-/m1/s1. The van der Waals surface area contributed by atoms with Gasteiger partial charge in [0.2, 0.25) is 0 Å². The van der Waals surface area contributed by atoms with Crippen molar-refractivity contribution in [3.8, 4) is 11.5 Å². The lowest BCUT2D eigenvalue weighted by atomic mass is 10.1. The van der Waals surface area contributed by atoms with Gasteiger partial charge in [-0.2, -0.15) is 0 Å². The van der Waals surface area contributed by atoms with Crippen molar-refractivity contribution in [1.29, 1.82) is 0 Å². The molecule has 0 spiro atoms. The van der Waals surface area contributed by atoms with E-state index in [2.05, 4.69) is 27.8 Å². The van der Waals surface area contributed by atoms with E-state index < -0.39 is 0 Å². The van der Waals surface area contributed by atoms with Crippen LogP contribution in [0.1, 0.15) is 48.7 Å². The second-order valence-corrected chi connectivity index (χ2v) is 9.84. The van der Waals surface area contributed by atoms with E-state index in [1.54, 1.807) is 6.20 Å². The summed E-state index contributed by atoms with van der Waals surface area (Å²) in [6.45, 7) is 11.1. The number of carbonyl (C=O) groups excluding carboxylic acids is 1. The van der Waals surface area contributed by atoms with Crippen LogP contribution in [0.4, 0.5) is 5.82 Å². The highest BCUT2D eigenvalue weighted by Gasteiger charge is 2.31. The van der Waals surface area contributed by atoms with Crippen LogP contribution in [0.15, 0.2) is 60.8 Å². The third kappa shape index (κ3) is 6.18. The number of para-hydroxylation sites is 1. The second kappa shape index (κ2) is 11.8. The van der Waals surface area contributed by atoms with E-state index in [4.69, 9.17) is 21.1 Å². The molecule has 1 atom stereocenters. The fourth-order valence-electron chi connectivity index (χ4n) is 4.65. The molecule has 4 rings (SSSR count). The predicted molar refractivity (Wildman–Crippen MR) is 144 cm³/mol. The lowest BCUT2D eigenvalue weighted by Gasteiger charge is -2.29. The fourth-order valence-corrected chi connectivity index (χ4v) is 4.83.